The van der Waals surface area contributed by atoms with Crippen LogP contribution in [0.25, 0.3) is 0 Å². The second kappa shape index (κ2) is 7.10. The topological polar surface area (TPSA) is 132 Å². The van der Waals surface area contributed by atoms with Crippen molar-refractivity contribution < 1.29 is 28.8 Å². The lowest BCUT2D eigenvalue weighted by atomic mass is 10.1. The molecule has 0 saturated heterocycles. The van der Waals surface area contributed by atoms with Crippen LogP contribution in [0.2, 0.25) is 0 Å². The van der Waals surface area contributed by atoms with Crippen LogP contribution in [-0.2, 0) is 9.59 Å². The van der Waals surface area contributed by atoms with Gasteiger partial charge in [0.25, 0.3) is 17.6 Å². The summed E-state index contributed by atoms with van der Waals surface area (Å²) in [5, 5.41) is 11.1. The van der Waals surface area contributed by atoms with E-state index < -0.39 is 35.1 Å². The zero-order chi connectivity index (χ0) is 21.6. The second-order valence-corrected chi connectivity index (χ2v) is 6.78. The van der Waals surface area contributed by atoms with Gasteiger partial charge in [0.1, 0.15) is 5.75 Å². The molecule has 0 fully saturated rings. The van der Waals surface area contributed by atoms with Crippen LogP contribution >= 0.6 is 0 Å². The normalized spacial score (nSPS) is 17.6. The first-order valence-corrected chi connectivity index (χ1v) is 8.96. The van der Waals surface area contributed by atoms with Gasteiger partial charge in [-0.15, -0.1) is 0 Å². The van der Waals surface area contributed by atoms with Crippen molar-refractivity contribution >= 4 is 34.9 Å². The Morgan fingerprint density at radius 2 is 2.00 bits per heavy atom. The zero-order valence-corrected chi connectivity index (χ0v) is 16.0. The van der Waals surface area contributed by atoms with E-state index >= 15 is 0 Å². The highest BCUT2D eigenvalue weighted by Gasteiger charge is 2.38. The Kier molecular flexibility index (Phi) is 4.57. The summed E-state index contributed by atoms with van der Waals surface area (Å²) in [4.78, 5) is 54.1. The molecule has 11 heteroatoms. The fourth-order valence-electron chi connectivity index (χ4n) is 3.21. The molecule has 2 aromatic rings. The third-order valence-corrected chi connectivity index (χ3v) is 4.85. The molecule has 0 radical (unpaired) electrons. The average molecular weight is 412 g/mol. The quantitative estimate of drug-likeness (QED) is 0.417. The SMILES string of the molecule is CC1Oc2ccc([N+](=O)[O-])nc2N(CC(=O)c2ccc3c(c2)N(C)C(=O)CO3)C1=O. The van der Waals surface area contributed by atoms with Crippen molar-refractivity contribution in [2.75, 3.05) is 30.0 Å². The third-order valence-electron chi connectivity index (χ3n) is 4.85. The molecular weight excluding hydrogens is 396 g/mol. The first kappa shape index (κ1) is 19.3. The first-order valence-electron chi connectivity index (χ1n) is 8.96. The summed E-state index contributed by atoms with van der Waals surface area (Å²) in [6, 6.07) is 7.12. The molecule has 1 aromatic heterocycles. The molecule has 4 rings (SSSR count). The van der Waals surface area contributed by atoms with E-state index in [1.165, 1.54) is 30.0 Å². The minimum atomic E-state index is -0.880. The zero-order valence-electron chi connectivity index (χ0n) is 16.0. The highest BCUT2D eigenvalue weighted by atomic mass is 16.6. The van der Waals surface area contributed by atoms with Gasteiger partial charge < -0.3 is 24.5 Å². The number of carbonyl (C=O) groups is 3. The van der Waals surface area contributed by atoms with E-state index in [9.17, 15) is 24.5 Å². The number of nitro groups is 1. The van der Waals surface area contributed by atoms with E-state index in [1.54, 1.807) is 13.1 Å². The summed E-state index contributed by atoms with van der Waals surface area (Å²) >= 11 is 0. The van der Waals surface area contributed by atoms with Gasteiger partial charge in [0.15, 0.2) is 24.2 Å². The van der Waals surface area contributed by atoms with Crippen LogP contribution in [0.5, 0.6) is 11.5 Å². The number of carbonyl (C=O) groups excluding carboxylic acids is 3. The van der Waals surface area contributed by atoms with Gasteiger partial charge in [-0.25, -0.2) is 0 Å². The molecule has 1 unspecified atom stereocenters. The molecule has 3 heterocycles. The molecule has 2 aliphatic heterocycles. The number of anilines is 2. The number of ketones is 1. The summed E-state index contributed by atoms with van der Waals surface area (Å²) in [5.41, 5.74) is 0.686. The first-order chi connectivity index (χ1) is 14.3. The minimum Gasteiger partial charge on any atom is -0.482 e. The Hall–Kier alpha value is -4.02. The highest BCUT2D eigenvalue weighted by molar-refractivity contribution is 6.08. The van der Waals surface area contributed by atoms with Crippen LogP contribution in [-0.4, -0.2) is 53.8 Å². The fraction of sp³-hybridized carbons (Fsp3) is 0.263. The Labute approximate surface area is 170 Å². The average Bonchev–Trinajstić information content (AvgIpc) is 2.73. The van der Waals surface area contributed by atoms with Crippen molar-refractivity contribution in [2.24, 2.45) is 0 Å². The van der Waals surface area contributed by atoms with E-state index in [0.29, 0.717) is 11.4 Å². The summed E-state index contributed by atoms with van der Waals surface area (Å²) in [6.45, 7) is 1.03. The predicted octanol–water partition coefficient (Wildman–Crippen LogP) is 1.34. The van der Waals surface area contributed by atoms with E-state index in [-0.39, 0.29) is 29.6 Å². The number of hydrogen-bond donors (Lipinski definition) is 0. The third kappa shape index (κ3) is 3.19. The van der Waals surface area contributed by atoms with Crippen molar-refractivity contribution in [3.05, 3.63) is 46.0 Å². The Morgan fingerprint density at radius 1 is 1.27 bits per heavy atom. The molecule has 11 nitrogen and oxygen atoms in total. The Bertz CT molecular complexity index is 1100. The largest absolute Gasteiger partial charge is 0.482 e. The van der Waals surface area contributed by atoms with Gasteiger partial charge in [0.2, 0.25) is 0 Å². The maximum absolute atomic E-state index is 12.9. The number of ether oxygens (including phenoxy) is 2. The van der Waals surface area contributed by atoms with Crippen LogP contribution < -0.4 is 19.3 Å². The molecule has 0 bridgehead atoms. The van der Waals surface area contributed by atoms with Crippen molar-refractivity contribution in [2.45, 2.75) is 13.0 Å². The molecule has 1 aromatic carbocycles. The van der Waals surface area contributed by atoms with Gasteiger partial charge in [-0.2, -0.15) is 0 Å². The van der Waals surface area contributed by atoms with Gasteiger partial charge in [-0.05, 0) is 41.1 Å². The van der Waals surface area contributed by atoms with Crippen molar-refractivity contribution in [1.82, 2.24) is 4.98 Å². The molecule has 154 valence electrons. The number of benzene rings is 1. The number of aromatic nitrogens is 1. The lowest BCUT2D eigenvalue weighted by molar-refractivity contribution is -0.389. The lowest BCUT2D eigenvalue weighted by Gasteiger charge is -2.29. The minimum absolute atomic E-state index is 0.0851. The molecule has 1 atom stereocenters. The van der Waals surface area contributed by atoms with Crippen molar-refractivity contribution in [3.63, 3.8) is 0 Å². The van der Waals surface area contributed by atoms with Gasteiger partial charge in [-0.1, -0.05) is 0 Å². The lowest BCUT2D eigenvalue weighted by Crippen LogP contribution is -2.47. The standard InChI is InChI=1S/C19H16N4O7/c1-10-19(26)22(18-15(30-10)5-6-16(20-18)23(27)28)8-13(24)11-3-4-14-12(7-11)21(2)17(25)9-29-14/h3-7,10H,8-9H2,1-2H3. The summed E-state index contributed by atoms with van der Waals surface area (Å²) < 4.78 is 10.8. The summed E-state index contributed by atoms with van der Waals surface area (Å²) in [5.74, 6) is -1.16. The van der Waals surface area contributed by atoms with E-state index in [1.807, 2.05) is 0 Å². The maximum Gasteiger partial charge on any atom is 0.366 e. The maximum atomic E-state index is 12.9. The molecular formula is C19H16N4O7. The molecule has 0 saturated carbocycles. The van der Waals surface area contributed by atoms with E-state index in [4.69, 9.17) is 9.47 Å². The van der Waals surface area contributed by atoms with E-state index in [2.05, 4.69) is 4.98 Å². The monoisotopic (exact) mass is 412 g/mol. The second-order valence-electron chi connectivity index (χ2n) is 6.78. The van der Waals surface area contributed by atoms with Crippen molar-refractivity contribution in [3.8, 4) is 11.5 Å². The molecule has 0 spiro atoms. The van der Waals surface area contributed by atoms with E-state index in [0.717, 1.165) is 11.0 Å². The number of hydrogen-bond acceptors (Lipinski definition) is 8. The Morgan fingerprint density at radius 3 is 2.73 bits per heavy atom. The van der Waals surface area contributed by atoms with Gasteiger partial charge >= 0.3 is 5.82 Å². The molecule has 0 aliphatic carbocycles. The Balaban J connectivity index is 1.66. The predicted molar refractivity (Wildman–Crippen MR) is 103 cm³/mol. The molecule has 30 heavy (non-hydrogen) atoms. The molecule has 2 aliphatic rings. The van der Waals surface area contributed by atoms with Gasteiger partial charge in [-0.3, -0.25) is 19.3 Å². The fourth-order valence-corrected chi connectivity index (χ4v) is 3.21. The van der Waals surface area contributed by atoms with Crippen LogP contribution in [0.1, 0.15) is 17.3 Å². The summed E-state index contributed by atoms with van der Waals surface area (Å²) in [6.07, 6.45) is -0.880. The summed E-state index contributed by atoms with van der Waals surface area (Å²) in [7, 11) is 1.57. The van der Waals surface area contributed by atoms with Gasteiger partial charge in [0.05, 0.1) is 12.2 Å². The van der Waals surface area contributed by atoms with Gasteiger partial charge in [0, 0.05) is 18.7 Å². The van der Waals surface area contributed by atoms with Crippen LogP contribution in [0.15, 0.2) is 30.3 Å². The van der Waals surface area contributed by atoms with Crippen LogP contribution in [0.4, 0.5) is 17.3 Å². The van der Waals surface area contributed by atoms with Crippen LogP contribution in [0.3, 0.4) is 0 Å². The highest BCUT2D eigenvalue weighted by Crippen LogP contribution is 2.35. The number of amides is 2. The number of likely N-dealkylation sites (N-methyl/N-ethyl adjacent to an activating group) is 1. The smallest absolute Gasteiger partial charge is 0.366 e. The molecule has 0 N–H and O–H groups in total. The van der Waals surface area contributed by atoms with Crippen molar-refractivity contribution in [1.29, 1.82) is 0 Å². The number of pyridine rings is 1. The number of fused-ring (bicyclic) bond motifs is 2. The number of nitrogens with zero attached hydrogens (tertiary/aromatic N) is 4. The number of rotatable bonds is 4. The molecule has 2 amide bonds. The van der Waals surface area contributed by atoms with Crippen LogP contribution in [0, 0.1) is 10.1 Å². The number of Topliss-reactive ketones (excluding diaryl/α,β-unsaturated/α-hetero) is 1.